The Morgan fingerprint density at radius 3 is 2.53 bits per heavy atom. The van der Waals surface area contributed by atoms with Gasteiger partial charge in [-0.3, -0.25) is 0 Å². The standard InChI is InChI=1S/C12H10Cl2N2S/c1-7-8(2)12(16-15-11(7)14)17-10-5-3-4-9(13)6-10/h3-6H,1-2H3. The fourth-order valence-corrected chi connectivity index (χ4v) is 2.67. The van der Waals surface area contributed by atoms with Crippen LogP contribution in [0.25, 0.3) is 0 Å². The van der Waals surface area contributed by atoms with Crippen LogP contribution in [0.3, 0.4) is 0 Å². The van der Waals surface area contributed by atoms with Gasteiger partial charge >= 0.3 is 0 Å². The third-order valence-corrected chi connectivity index (χ3v) is 4.10. The summed E-state index contributed by atoms with van der Waals surface area (Å²) in [5, 5.41) is 10.0. The molecule has 1 heterocycles. The van der Waals surface area contributed by atoms with Crippen LogP contribution in [0.15, 0.2) is 34.2 Å². The summed E-state index contributed by atoms with van der Waals surface area (Å²) < 4.78 is 0. The molecule has 2 nitrogen and oxygen atoms in total. The van der Waals surface area contributed by atoms with Crippen molar-refractivity contribution in [3.05, 3.63) is 45.6 Å². The summed E-state index contributed by atoms with van der Waals surface area (Å²) in [6.07, 6.45) is 0. The number of halogens is 2. The van der Waals surface area contributed by atoms with Crippen molar-refractivity contribution in [2.45, 2.75) is 23.8 Å². The molecule has 0 N–H and O–H groups in total. The van der Waals surface area contributed by atoms with Gasteiger partial charge in [0.05, 0.1) is 0 Å². The van der Waals surface area contributed by atoms with E-state index in [1.54, 1.807) is 0 Å². The molecule has 0 bridgehead atoms. The zero-order valence-electron chi connectivity index (χ0n) is 9.37. The normalized spacial score (nSPS) is 10.6. The van der Waals surface area contributed by atoms with Gasteiger partial charge in [-0.25, -0.2) is 0 Å². The third-order valence-electron chi connectivity index (χ3n) is 2.43. The highest BCUT2D eigenvalue weighted by atomic mass is 35.5. The molecule has 0 aliphatic carbocycles. The number of aromatic nitrogens is 2. The van der Waals surface area contributed by atoms with Gasteiger partial charge in [0.15, 0.2) is 5.15 Å². The summed E-state index contributed by atoms with van der Waals surface area (Å²) in [5.41, 5.74) is 2.01. The van der Waals surface area contributed by atoms with E-state index in [2.05, 4.69) is 10.2 Å². The molecule has 0 amide bonds. The van der Waals surface area contributed by atoms with Crippen molar-refractivity contribution >= 4 is 35.0 Å². The Hall–Kier alpha value is -0.770. The van der Waals surface area contributed by atoms with Gasteiger partial charge in [-0.05, 0) is 43.2 Å². The fourth-order valence-electron chi connectivity index (χ4n) is 1.29. The average Bonchev–Trinajstić information content (AvgIpc) is 2.30. The molecular weight excluding hydrogens is 275 g/mol. The lowest BCUT2D eigenvalue weighted by Crippen LogP contribution is -1.95. The number of rotatable bonds is 2. The summed E-state index contributed by atoms with van der Waals surface area (Å²) in [7, 11) is 0. The quantitative estimate of drug-likeness (QED) is 0.809. The van der Waals surface area contributed by atoms with E-state index in [0.29, 0.717) is 10.2 Å². The Balaban J connectivity index is 2.34. The molecule has 2 aromatic rings. The van der Waals surface area contributed by atoms with Crippen molar-refractivity contribution in [2.24, 2.45) is 0 Å². The first-order valence-corrected chi connectivity index (χ1v) is 6.58. The summed E-state index contributed by atoms with van der Waals surface area (Å²) in [5.74, 6) is 0. The zero-order chi connectivity index (χ0) is 12.4. The average molecular weight is 285 g/mol. The molecule has 0 spiro atoms. The van der Waals surface area contributed by atoms with Crippen LogP contribution in [-0.2, 0) is 0 Å². The maximum Gasteiger partial charge on any atom is 0.154 e. The van der Waals surface area contributed by atoms with Crippen LogP contribution in [0.1, 0.15) is 11.1 Å². The molecule has 17 heavy (non-hydrogen) atoms. The van der Waals surface area contributed by atoms with Crippen LogP contribution in [0, 0.1) is 13.8 Å². The van der Waals surface area contributed by atoms with Crippen molar-refractivity contribution in [3.63, 3.8) is 0 Å². The first-order valence-electron chi connectivity index (χ1n) is 5.00. The Kier molecular flexibility index (Phi) is 3.92. The summed E-state index contributed by atoms with van der Waals surface area (Å²) in [6, 6.07) is 7.65. The van der Waals surface area contributed by atoms with Crippen LogP contribution in [0.2, 0.25) is 10.2 Å². The highest BCUT2D eigenvalue weighted by Crippen LogP contribution is 2.31. The van der Waals surface area contributed by atoms with Crippen molar-refractivity contribution in [3.8, 4) is 0 Å². The number of benzene rings is 1. The van der Waals surface area contributed by atoms with Crippen molar-refractivity contribution in [1.29, 1.82) is 0 Å². The Morgan fingerprint density at radius 2 is 1.82 bits per heavy atom. The van der Waals surface area contributed by atoms with E-state index in [4.69, 9.17) is 23.2 Å². The third kappa shape index (κ3) is 2.92. The van der Waals surface area contributed by atoms with Gasteiger partial charge in [-0.1, -0.05) is 41.0 Å². The molecular formula is C12H10Cl2N2S. The van der Waals surface area contributed by atoms with E-state index >= 15 is 0 Å². The summed E-state index contributed by atoms with van der Waals surface area (Å²) >= 11 is 13.4. The van der Waals surface area contributed by atoms with Crippen LogP contribution in [0.5, 0.6) is 0 Å². The molecule has 0 atom stereocenters. The molecule has 1 aromatic heterocycles. The van der Waals surface area contributed by atoms with Crippen molar-refractivity contribution < 1.29 is 0 Å². The zero-order valence-corrected chi connectivity index (χ0v) is 11.7. The minimum Gasteiger partial charge on any atom is -0.142 e. The molecule has 0 saturated carbocycles. The molecule has 0 aliphatic heterocycles. The van der Waals surface area contributed by atoms with Crippen LogP contribution < -0.4 is 0 Å². The van der Waals surface area contributed by atoms with Crippen molar-refractivity contribution in [1.82, 2.24) is 10.2 Å². The monoisotopic (exact) mass is 284 g/mol. The van der Waals surface area contributed by atoms with Gasteiger partial charge < -0.3 is 0 Å². The first-order chi connectivity index (χ1) is 8.08. The van der Waals surface area contributed by atoms with Gasteiger partial charge in [0.2, 0.25) is 0 Å². The Bertz CT molecular complexity index is 558. The highest BCUT2D eigenvalue weighted by Gasteiger charge is 2.09. The fraction of sp³-hybridized carbons (Fsp3) is 0.167. The van der Waals surface area contributed by atoms with E-state index in [-0.39, 0.29) is 0 Å². The van der Waals surface area contributed by atoms with Gasteiger partial charge in [0.25, 0.3) is 0 Å². The predicted molar refractivity (Wildman–Crippen MR) is 72.1 cm³/mol. The molecule has 0 fully saturated rings. The lowest BCUT2D eigenvalue weighted by Gasteiger charge is -2.07. The Morgan fingerprint density at radius 1 is 1.06 bits per heavy atom. The number of hydrogen-bond donors (Lipinski definition) is 0. The molecule has 88 valence electrons. The second kappa shape index (κ2) is 5.25. The molecule has 5 heteroatoms. The minimum absolute atomic E-state index is 0.456. The lowest BCUT2D eigenvalue weighted by molar-refractivity contribution is 0.891. The number of hydrogen-bond acceptors (Lipinski definition) is 3. The maximum absolute atomic E-state index is 5.94. The minimum atomic E-state index is 0.456. The molecule has 2 rings (SSSR count). The molecule has 1 aromatic carbocycles. The molecule has 0 saturated heterocycles. The van der Waals surface area contributed by atoms with E-state index in [1.807, 2.05) is 38.1 Å². The van der Waals surface area contributed by atoms with E-state index in [1.165, 1.54) is 11.8 Å². The topological polar surface area (TPSA) is 25.8 Å². The van der Waals surface area contributed by atoms with Gasteiger partial charge in [-0.2, -0.15) is 0 Å². The van der Waals surface area contributed by atoms with Crippen LogP contribution in [0.4, 0.5) is 0 Å². The van der Waals surface area contributed by atoms with Gasteiger partial charge in [0.1, 0.15) is 5.03 Å². The molecule has 0 unspecified atom stereocenters. The second-order valence-corrected chi connectivity index (χ2v) is 5.46. The van der Waals surface area contributed by atoms with E-state index in [0.717, 1.165) is 21.0 Å². The largest absolute Gasteiger partial charge is 0.154 e. The molecule has 0 aliphatic rings. The SMILES string of the molecule is Cc1c(Cl)nnc(Sc2cccc(Cl)c2)c1C. The van der Waals surface area contributed by atoms with Crippen molar-refractivity contribution in [2.75, 3.05) is 0 Å². The summed E-state index contributed by atoms with van der Waals surface area (Å²) in [6.45, 7) is 3.93. The van der Waals surface area contributed by atoms with E-state index < -0.39 is 0 Å². The maximum atomic E-state index is 5.94. The van der Waals surface area contributed by atoms with Gasteiger partial charge in [0, 0.05) is 9.92 Å². The summed E-state index contributed by atoms with van der Waals surface area (Å²) in [4.78, 5) is 1.04. The van der Waals surface area contributed by atoms with E-state index in [9.17, 15) is 0 Å². The molecule has 0 radical (unpaired) electrons. The Labute approximate surface area is 114 Å². The van der Waals surface area contributed by atoms with Gasteiger partial charge in [-0.15, -0.1) is 10.2 Å². The smallest absolute Gasteiger partial charge is 0.142 e. The lowest BCUT2D eigenvalue weighted by atomic mass is 10.2. The second-order valence-electron chi connectivity index (χ2n) is 3.61. The first kappa shape index (κ1) is 12.7. The number of nitrogens with zero attached hydrogens (tertiary/aromatic N) is 2. The highest BCUT2D eigenvalue weighted by molar-refractivity contribution is 7.99. The van der Waals surface area contributed by atoms with Crippen LogP contribution >= 0.6 is 35.0 Å². The van der Waals surface area contributed by atoms with Crippen LogP contribution in [-0.4, -0.2) is 10.2 Å². The predicted octanol–water partition coefficient (Wildman–Crippen LogP) is 4.55.